The fraction of sp³-hybridized carbons (Fsp3) is 0.756. The fourth-order valence-corrected chi connectivity index (χ4v) is 6.99. The summed E-state index contributed by atoms with van der Waals surface area (Å²) < 4.78 is 28.3. The second-order valence-corrected chi connectivity index (χ2v) is 15.1. The second kappa shape index (κ2) is 29.9. The number of hydrazine groups is 2. The molecule has 1 fully saturated rings. The predicted molar refractivity (Wildman–Crippen MR) is 213 cm³/mol. The van der Waals surface area contributed by atoms with Crippen molar-refractivity contribution in [3.63, 3.8) is 0 Å². The third-order valence-electron chi connectivity index (χ3n) is 9.53. The molecule has 3 rings (SSSR count). The monoisotopic (exact) mass is 762 g/mol. The lowest BCUT2D eigenvalue weighted by Gasteiger charge is -2.15. The number of carbonyl (C=O) groups is 2. The van der Waals surface area contributed by atoms with Gasteiger partial charge in [0.1, 0.15) is 5.75 Å². The van der Waals surface area contributed by atoms with Gasteiger partial charge in [0.2, 0.25) is 11.8 Å². The van der Waals surface area contributed by atoms with E-state index in [1.165, 1.54) is 119 Å². The van der Waals surface area contributed by atoms with Gasteiger partial charge in [-0.05, 0) is 30.4 Å². The van der Waals surface area contributed by atoms with E-state index in [0.29, 0.717) is 59.4 Å². The zero-order valence-corrected chi connectivity index (χ0v) is 33.7. The van der Waals surface area contributed by atoms with Crippen LogP contribution in [0, 0.1) is 0 Å². The summed E-state index contributed by atoms with van der Waals surface area (Å²) in [7, 11) is 0. The van der Waals surface area contributed by atoms with Gasteiger partial charge in [0.05, 0.1) is 83.5 Å². The maximum Gasteiger partial charge on any atom is 0.242 e. The lowest BCUT2D eigenvalue weighted by atomic mass is 10.0. The molecule has 0 aliphatic carbocycles. The Bertz CT molecular complexity index is 1130. The molecule has 2 heterocycles. The highest BCUT2D eigenvalue weighted by atomic mass is 32.2. The molecule has 1 saturated heterocycles. The number of hydrogen-bond acceptors (Lipinski definition) is 11. The summed E-state index contributed by atoms with van der Waals surface area (Å²) in [5.74, 6) is 0.696. The highest BCUT2D eigenvalue weighted by Crippen LogP contribution is 2.22. The highest BCUT2D eigenvalue weighted by molar-refractivity contribution is 8.00. The first kappa shape index (κ1) is 45.0. The molecule has 53 heavy (non-hydrogen) atoms. The molecule has 2 aliphatic rings. The number of likely N-dealkylation sites (tertiary alicyclic amines) is 1. The molecule has 2 N–H and O–H groups in total. The van der Waals surface area contributed by atoms with Crippen molar-refractivity contribution < 1.29 is 33.3 Å². The van der Waals surface area contributed by atoms with Crippen LogP contribution in [0.1, 0.15) is 122 Å². The quantitative estimate of drug-likeness (QED) is 0.0529. The molecule has 12 heteroatoms. The first-order valence-corrected chi connectivity index (χ1v) is 21.8. The third-order valence-corrected chi connectivity index (χ3v) is 10.5. The Morgan fingerprint density at radius 2 is 1.21 bits per heavy atom. The molecule has 0 spiro atoms. The Hall–Kier alpha value is -2.35. The minimum absolute atomic E-state index is 0.114. The molecule has 0 aromatic heterocycles. The average molecular weight is 763 g/mol. The Kier molecular flexibility index (Phi) is 25.4. The number of hydrogen-bond donors (Lipinski definition) is 2. The predicted octanol–water partition coefficient (Wildman–Crippen LogP) is 7.55. The molecular formula is C41H70N4O7S. The van der Waals surface area contributed by atoms with E-state index < -0.39 is 0 Å². The third kappa shape index (κ3) is 20.8. The second-order valence-electron chi connectivity index (χ2n) is 14.0. The van der Waals surface area contributed by atoms with E-state index in [2.05, 4.69) is 42.1 Å². The number of thioether (sulfide) groups is 1. The fourth-order valence-electron chi connectivity index (χ4n) is 6.35. The van der Waals surface area contributed by atoms with Gasteiger partial charge in [-0.3, -0.25) is 19.5 Å². The van der Waals surface area contributed by atoms with Crippen molar-refractivity contribution in [1.29, 1.82) is 0 Å². The van der Waals surface area contributed by atoms with Crippen LogP contribution in [0.5, 0.6) is 5.75 Å². The number of imide groups is 1. The molecule has 0 radical (unpaired) electrons. The lowest BCUT2D eigenvalue weighted by Crippen LogP contribution is -2.36. The zero-order valence-electron chi connectivity index (χ0n) is 32.9. The summed E-state index contributed by atoms with van der Waals surface area (Å²) in [6.07, 6.45) is 26.2. The summed E-state index contributed by atoms with van der Waals surface area (Å²) in [5, 5.41) is 1.74. The van der Waals surface area contributed by atoms with E-state index in [9.17, 15) is 9.59 Å². The van der Waals surface area contributed by atoms with Crippen LogP contribution in [-0.2, 0) is 35.1 Å². The lowest BCUT2D eigenvalue weighted by molar-refractivity contribution is -0.139. The van der Waals surface area contributed by atoms with E-state index >= 15 is 0 Å². The maximum atomic E-state index is 12.1. The molecule has 0 saturated carbocycles. The smallest absolute Gasteiger partial charge is 0.242 e. The van der Waals surface area contributed by atoms with E-state index in [1.54, 1.807) is 0 Å². The van der Waals surface area contributed by atoms with E-state index in [1.807, 2.05) is 17.5 Å². The molecule has 302 valence electrons. The molecule has 11 nitrogen and oxygen atoms in total. The Labute approximate surface area is 324 Å². The van der Waals surface area contributed by atoms with Crippen LogP contribution in [0.2, 0.25) is 0 Å². The molecule has 1 aromatic carbocycles. The number of rotatable bonds is 35. The minimum Gasteiger partial charge on any atom is -0.494 e. The van der Waals surface area contributed by atoms with Crippen LogP contribution in [0.4, 0.5) is 0 Å². The van der Waals surface area contributed by atoms with Crippen LogP contribution in [0.25, 0.3) is 0 Å². The number of ether oxygens (including phenoxy) is 5. The van der Waals surface area contributed by atoms with Crippen molar-refractivity contribution in [2.75, 3.05) is 72.3 Å². The molecule has 0 bridgehead atoms. The molecule has 1 aromatic rings. The van der Waals surface area contributed by atoms with Crippen LogP contribution < -0.4 is 15.7 Å². The normalized spacial score (nSPS) is 15.8. The largest absolute Gasteiger partial charge is 0.494 e. The summed E-state index contributed by atoms with van der Waals surface area (Å²) in [4.78, 5) is 25.3. The summed E-state index contributed by atoms with van der Waals surface area (Å²) in [6, 6.07) is 8.35. The van der Waals surface area contributed by atoms with Crippen LogP contribution in [0.15, 0.2) is 36.2 Å². The van der Waals surface area contributed by atoms with Gasteiger partial charge in [0.25, 0.3) is 0 Å². The number of nitrogens with zero attached hydrogens (tertiary/aromatic N) is 2. The van der Waals surface area contributed by atoms with E-state index in [0.717, 1.165) is 31.0 Å². The van der Waals surface area contributed by atoms with Gasteiger partial charge >= 0.3 is 0 Å². The van der Waals surface area contributed by atoms with Crippen molar-refractivity contribution in [2.24, 2.45) is 0 Å². The highest BCUT2D eigenvalue weighted by Gasteiger charge is 2.37. The van der Waals surface area contributed by atoms with Crippen molar-refractivity contribution in [3.05, 3.63) is 41.7 Å². The first-order chi connectivity index (χ1) is 26.1. The van der Waals surface area contributed by atoms with Crippen LogP contribution in [-0.4, -0.2) is 99.2 Å². The average Bonchev–Trinajstić information content (AvgIpc) is 3.73. The maximum absolute atomic E-state index is 12.1. The van der Waals surface area contributed by atoms with Crippen molar-refractivity contribution in [1.82, 2.24) is 20.9 Å². The molecular weight excluding hydrogens is 693 g/mol. The van der Waals surface area contributed by atoms with Crippen LogP contribution in [0.3, 0.4) is 0 Å². The van der Waals surface area contributed by atoms with Gasteiger partial charge in [-0.25, -0.2) is 0 Å². The number of benzene rings is 1. The molecule has 2 aliphatic heterocycles. The van der Waals surface area contributed by atoms with Crippen molar-refractivity contribution in [3.8, 4) is 5.75 Å². The van der Waals surface area contributed by atoms with Crippen molar-refractivity contribution in [2.45, 2.75) is 128 Å². The molecule has 1 atom stereocenters. The number of nitrogens with one attached hydrogen (secondary N) is 2. The van der Waals surface area contributed by atoms with Gasteiger partial charge in [0.15, 0.2) is 0 Å². The number of carbonyl (C=O) groups excluding carboxylic acids is 2. The van der Waals surface area contributed by atoms with E-state index in [-0.39, 0.29) is 23.5 Å². The Morgan fingerprint density at radius 3 is 1.75 bits per heavy atom. The van der Waals surface area contributed by atoms with Gasteiger partial charge in [0, 0.05) is 12.6 Å². The van der Waals surface area contributed by atoms with Crippen LogP contribution >= 0.6 is 11.8 Å². The first-order valence-electron chi connectivity index (χ1n) is 20.5. The van der Waals surface area contributed by atoms with Gasteiger partial charge < -0.3 is 29.1 Å². The standard InChI is InChI=1S/C41H70N4O7S/c1-3-4-5-6-7-8-9-10-11-12-13-14-15-16-17-18-24-52-38-21-19-36(20-22-38)33-44-34-37(42-43-44)35-51-31-30-50-29-28-49-27-26-48-25-23-45-40(46)32-39(53-2)41(45)47/h19-22,34,39,42-43H,3-18,23-33,35H2,1-2H3. The molecule has 1 unspecified atom stereocenters. The summed E-state index contributed by atoms with van der Waals surface area (Å²) in [5.41, 5.74) is 8.46. The summed E-state index contributed by atoms with van der Waals surface area (Å²) >= 11 is 1.42. The number of amides is 2. The number of unbranched alkanes of at least 4 members (excludes halogenated alkanes) is 15. The SMILES string of the molecule is CCCCCCCCCCCCCCCCCCOc1ccc(CN2C=C(COCCOCCOCCOCCN3C(=O)CC(SC)C3=O)NN2)cc1. The van der Waals surface area contributed by atoms with Gasteiger partial charge in [-0.1, -0.05) is 115 Å². The summed E-state index contributed by atoms with van der Waals surface area (Å²) in [6.45, 7) is 7.57. The Balaban J connectivity index is 1.06. The van der Waals surface area contributed by atoms with Crippen molar-refractivity contribution >= 4 is 23.6 Å². The minimum atomic E-state index is -0.251. The van der Waals surface area contributed by atoms with Gasteiger partial charge in [-0.2, -0.15) is 11.8 Å². The topological polar surface area (TPSA) is 111 Å². The molecule has 2 amide bonds. The zero-order chi connectivity index (χ0) is 37.6. The Morgan fingerprint density at radius 1 is 0.679 bits per heavy atom. The van der Waals surface area contributed by atoms with E-state index in [4.69, 9.17) is 23.7 Å². The van der Waals surface area contributed by atoms with Gasteiger partial charge in [-0.15, -0.1) is 5.53 Å².